The predicted octanol–water partition coefficient (Wildman–Crippen LogP) is 5.23. The molecule has 1 unspecified atom stereocenters. The first kappa shape index (κ1) is 21.7. The van der Waals surface area contributed by atoms with Crippen molar-refractivity contribution in [3.05, 3.63) is 35.9 Å². The average Bonchev–Trinajstić information content (AvgIpc) is 2.79. The fraction of sp³-hybridized carbons (Fsp3) is 0.667. The summed E-state index contributed by atoms with van der Waals surface area (Å²) in [6.45, 7) is 0.193. The van der Waals surface area contributed by atoms with Crippen molar-refractivity contribution in [2.75, 3.05) is 7.11 Å². The molecular formula is C24H35NO4. The van der Waals surface area contributed by atoms with Crippen LogP contribution in [0.2, 0.25) is 0 Å². The van der Waals surface area contributed by atoms with Gasteiger partial charge < -0.3 is 14.8 Å². The maximum absolute atomic E-state index is 12.8. The largest absolute Gasteiger partial charge is 0.467 e. The Kier molecular flexibility index (Phi) is 8.38. The van der Waals surface area contributed by atoms with Crippen LogP contribution in [-0.4, -0.2) is 25.2 Å². The molecule has 5 heteroatoms. The third-order valence-electron chi connectivity index (χ3n) is 6.71. The zero-order valence-corrected chi connectivity index (χ0v) is 17.6. The van der Waals surface area contributed by atoms with Crippen molar-refractivity contribution in [1.29, 1.82) is 0 Å². The Labute approximate surface area is 174 Å². The number of amides is 1. The second-order valence-corrected chi connectivity index (χ2v) is 8.58. The molecule has 5 nitrogen and oxygen atoms in total. The zero-order chi connectivity index (χ0) is 20.5. The van der Waals surface area contributed by atoms with Gasteiger partial charge in [0.2, 0.25) is 0 Å². The minimum Gasteiger partial charge on any atom is -0.467 e. The van der Waals surface area contributed by atoms with E-state index in [1.165, 1.54) is 45.6 Å². The van der Waals surface area contributed by atoms with Crippen molar-refractivity contribution in [2.45, 2.75) is 76.9 Å². The maximum atomic E-state index is 12.8. The fourth-order valence-corrected chi connectivity index (χ4v) is 5.30. The summed E-state index contributed by atoms with van der Waals surface area (Å²) in [7, 11) is 1.41. The number of ether oxygens (including phenoxy) is 2. The van der Waals surface area contributed by atoms with E-state index in [4.69, 9.17) is 9.47 Å². The van der Waals surface area contributed by atoms with Crippen LogP contribution >= 0.6 is 0 Å². The van der Waals surface area contributed by atoms with E-state index in [1.807, 2.05) is 30.3 Å². The Hall–Kier alpha value is -2.04. The number of alkyl carbamates (subject to hydrolysis) is 1. The van der Waals surface area contributed by atoms with E-state index in [9.17, 15) is 9.59 Å². The predicted molar refractivity (Wildman–Crippen MR) is 112 cm³/mol. The number of methoxy groups -OCH3 is 1. The first-order valence-corrected chi connectivity index (χ1v) is 11.2. The van der Waals surface area contributed by atoms with Gasteiger partial charge in [-0.3, -0.25) is 0 Å². The van der Waals surface area contributed by atoms with Gasteiger partial charge in [-0.2, -0.15) is 0 Å². The van der Waals surface area contributed by atoms with Crippen LogP contribution in [0.5, 0.6) is 0 Å². The van der Waals surface area contributed by atoms with E-state index in [0.29, 0.717) is 11.8 Å². The lowest BCUT2D eigenvalue weighted by atomic mass is 9.66. The summed E-state index contributed by atoms with van der Waals surface area (Å²) in [6, 6.07) is 8.95. The molecule has 2 aliphatic carbocycles. The van der Waals surface area contributed by atoms with Crippen LogP contribution < -0.4 is 5.32 Å². The molecule has 0 heterocycles. The number of nitrogens with one attached hydrogen (secondary N) is 1. The smallest absolute Gasteiger partial charge is 0.408 e. The molecule has 1 aromatic rings. The zero-order valence-electron chi connectivity index (χ0n) is 17.6. The SMILES string of the molecule is COC(=O)C(NC(=O)OCc1ccccc1)C(C1CCCCC1)C1CCCCC1. The first-order chi connectivity index (χ1) is 14.2. The van der Waals surface area contributed by atoms with E-state index in [2.05, 4.69) is 5.32 Å². The van der Waals surface area contributed by atoms with Gasteiger partial charge in [0.05, 0.1) is 7.11 Å². The summed E-state index contributed by atoms with van der Waals surface area (Å²) in [6.07, 6.45) is 11.4. The van der Waals surface area contributed by atoms with Crippen molar-refractivity contribution >= 4 is 12.1 Å². The van der Waals surface area contributed by atoms with Crippen LogP contribution in [0.15, 0.2) is 30.3 Å². The summed E-state index contributed by atoms with van der Waals surface area (Å²) in [5.41, 5.74) is 0.924. The summed E-state index contributed by atoms with van der Waals surface area (Å²) in [5, 5.41) is 2.90. The van der Waals surface area contributed by atoms with Gasteiger partial charge in [-0.25, -0.2) is 9.59 Å². The lowest BCUT2D eigenvalue weighted by molar-refractivity contribution is -0.146. The van der Waals surface area contributed by atoms with Gasteiger partial charge in [-0.15, -0.1) is 0 Å². The van der Waals surface area contributed by atoms with E-state index >= 15 is 0 Å². The molecule has 2 aliphatic rings. The standard InChI is InChI=1S/C24H35NO4/c1-28-23(26)22(25-24(27)29-17-18-11-5-2-6-12-18)21(19-13-7-3-8-14-19)20-15-9-4-10-16-20/h2,5-6,11-12,19-22H,3-4,7-10,13-17H2,1H3,(H,25,27). The number of esters is 1. The average molecular weight is 402 g/mol. The van der Waals surface area contributed by atoms with Crippen LogP contribution in [0.4, 0.5) is 4.79 Å². The third-order valence-corrected chi connectivity index (χ3v) is 6.71. The van der Waals surface area contributed by atoms with Crippen molar-refractivity contribution in [3.8, 4) is 0 Å². The summed E-state index contributed by atoms with van der Waals surface area (Å²) >= 11 is 0. The molecule has 0 aliphatic heterocycles. The summed E-state index contributed by atoms with van der Waals surface area (Å²) in [5.74, 6) is 0.714. The van der Waals surface area contributed by atoms with Gasteiger partial charge >= 0.3 is 12.1 Å². The van der Waals surface area contributed by atoms with Crippen molar-refractivity contribution in [1.82, 2.24) is 5.32 Å². The molecule has 160 valence electrons. The molecule has 1 amide bonds. The minimum absolute atomic E-state index is 0.132. The summed E-state index contributed by atoms with van der Waals surface area (Å²) < 4.78 is 10.5. The molecule has 0 saturated heterocycles. The highest BCUT2D eigenvalue weighted by Crippen LogP contribution is 2.42. The Balaban J connectivity index is 1.71. The molecular weight excluding hydrogens is 366 g/mol. The van der Waals surface area contributed by atoms with Gasteiger partial charge in [-0.05, 0) is 23.3 Å². The number of benzene rings is 1. The molecule has 2 saturated carbocycles. The molecule has 3 rings (SSSR count). The lowest BCUT2D eigenvalue weighted by Crippen LogP contribution is -2.52. The quantitative estimate of drug-likeness (QED) is 0.635. The lowest BCUT2D eigenvalue weighted by Gasteiger charge is -2.41. The van der Waals surface area contributed by atoms with Crippen LogP contribution in [0, 0.1) is 17.8 Å². The Bertz CT molecular complexity index is 618. The number of hydrogen-bond donors (Lipinski definition) is 1. The second kappa shape index (κ2) is 11.2. The van der Waals surface area contributed by atoms with Crippen molar-refractivity contribution in [3.63, 3.8) is 0 Å². The van der Waals surface area contributed by atoms with Crippen LogP contribution in [0.3, 0.4) is 0 Å². The topological polar surface area (TPSA) is 64.6 Å². The molecule has 1 atom stereocenters. The minimum atomic E-state index is -0.630. The molecule has 1 aromatic carbocycles. The van der Waals surface area contributed by atoms with Crippen molar-refractivity contribution < 1.29 is 19.1 Å². The molecule has 0 bridgehead atoms. The third kappa shape index (κ3) is 6.22. The van der Waals surface area contributed by atoms with Gasteiger partial charge in [0, 0.05) is 0 Å². The first-order valence-electron chi connectivity index (χ1n) is 11.2. The molecule has 2 fully saturated rings. The van der Waals surface area contributed by atoms with E-state index in [0.717, 1.165) is 31.2 Å². The highest BCUT2D eigenvalue weighted by atomic mass is 16.6. The van der Waals surface area contributed by atoms with E-state index in [-0.39, 0.29) is 18.5 Å². The fourth-order valence-electron chi connectivity index (χ4n) is 5.30. The number of rotatable bonds is 7. The maximum Gasteiger partial charge on any atom is 0.408 e. The van der Waals surface area contributed by atoms with E-state index < -0.39 is 12.1 Å². The monoisotopic (exact) mass is 401 g/mol. The molecule has 0 spiro atoms. The Morgan fingerprint density at radius 3 is 2.00 bits per heavy atom. The summed E-state index contributed by atoms with van der Waals surface area (Å²) in [4.78, 5) is 25.3. The van der Waals surface area contributed by atoms with Crippen LogP contribution in [0.1, 0.15) is 69.8 Å². The van der Waals surface area contributed by atoms with Gasteiger partial charge in [0.25, 0.3) is 0 Å². The molecule has 1 N–H and O–H groups in total. The molecule has 0 aromatic heterocycles. The number of carbonyl (C=O) groups is 2. The van der Waals surface area contributed by atoms with E-state index in [1.54, 1.807) is 0 Å². The van der Waals surface area contributed by atoms with Crippen LogP contribution in [-0.2, 0) is 20.9 Å². The van der Waals surface area contributed by atoms with Crippen LogP contribution in [0.25, 0.3) is 0 Å². The van der Waals surface area contributed by atoms with Gasteiger partial charge in [0.15, 0.2) is 0 Å². The number of carbonyl (C=O) groups excluding carboxylic acids is 2. The Morgan fingerprint density at radius 1 is 0.931 bits per heavy atom. The molecule has 0 radical (unpaired) electrons. The van der Waals surface area contributed by atoms with Crippen molar-refractivity contribution in [2.24, 2.45) is 17.8 Å². The molecule has 29 heavy (non-hydrogen) atoms. The Morgan fingerprint density at radius 2 is 1.48 bits per heavy atom. The second-order valence-electron chi connectivity index (χ2n) is 8.58. The van der Waals surface area contributed by atoms with Gasteiger partial charge in [0.1, 0.15) is 12.6 Å². The highest BCUT2D eigenvalue weighted by Gasteiger charge is 2.41. The number of hydrogen-bond acceptors (Lipinski definition) is 4. The normalized spacial score (nSPS) is 19.5. The highest BCUT2D eigenvalue weighted by molar-refractivity contribution is 5.81. The van der Waals surface area contributed by atoms with Gasteiger partial charge in [-0.1, -0.05) is 94.5 Å².